The third kappa shape index (κ3) is 4.38. The maximum Gasteiger partial charge on any atom is 0.423 e. The van der Waals surface area contributed by atoms with Crippen LogP contribution in [0.25, 0.3) is 0 Å². The number of hydrogen-bond donors (Lipinski definition) is 0. The van der Waals surface area contributed by atoms with Gasteiger partial charge < -0.3 is 8.79 Å². The van der Waals surface area contributed by atoms with Gasteiger partial charge in [-0.2, -0.15) is 0 Å². The molecule has 24 heavy (non-hydrogen) atoms. The summed E-state index contributed by atoms with van der Waals surface area (Å²) in [6.07, 6.45) is 0. The number of hydrogen-bond acceptors (Lipinski definition) is 1. The standard InChI is InChI=1S/C17H45BFNSi4/c1-16(2,3)20(24(13,14)15)18(19)17(21(4,5)6,22(7,8)9)23(10,11)12/h1-15H3. The van der Waals surface area contributed by atoms with Gasteiger partial charge in [-0.15, -0.1) is 0 Å². The lowest BCUT2D eigenvalue weighted by Crippen LogP contribution is -2.78. The summed E-state index contributed by atoms with van der Waals surface area (Å²) in [5, 5.41) is 0. The Balaban J connectivity index is 6.89. The zero-order valence-corrected chi connectivity index (χ0v) is 23.4. The highest BCUT2D eigenvalue weighted by molar-refractivity contribution is 7.25. The molecular weight excluding hydrogens is 360 g/mol. The molecule has 0 aromatic heterocycles. The van der Waals surface area contributed by atoms with Crippen molar-refractivity contribution in [2.45, 2.75) is 109 Å². The molecular formula is C17H45BFNSi4. The van der Waals surface area contributed by atoms with E-state index in [9.17, 15) is 0 Å². The van der Waals surface area contributed by atoms with Gasteiger partial charge in [-0.05, 0) is 30.5 Å². The molecule has 0 N–H and O–H groups in total. The SMILES string of the molecule is CC(C)(C)N(B(F)C([Si](C)(C)C)([Si](C)(C)C)[Si](C)(C)C)[Si](C)(C)C. The highest BCUT2D eigenvalue weighted by atomic mass is 28.5. The van der Waals surface area contributed by atoms with E-state index in [4.69, 9.17) is 0 Å². The number of rotatable bonds is 6. The number of nitrogens with zero attached hydrogens (tertiary/aromatic N) is 1. The monoisotopic (exact) mass is 405 g/mol. The van der Waals surface area contributed by atoms with E-state index in [1.807, 2.05) is 0 Å². The summed E-state index contributed by atoms with van der Waals surface area (Å²) in [5.41, 5.74) is -0.131. The van der Waals surface area contributed by atoms with Crippen molar-refractivity contribution in [3.8, 4) is 0 Å². The van der Waals surface area contributed by atoms with Crippen LogP contribution in [0, 0.1) is 0 Å². The molecule has 0 amide bonds. The molecule has 0 unspecified atom stereocenters. The van der Waals surface area contributed by atoms with Gasteiger partial charge >= 0.3 is 7.12 Å². The quantitative estimate of drug-likeness (QED) is 0.442. The van der Waals surface area contributed by atoms with Gasteiger partial charge in [0.2, 0.25) is 0 Å². The Kier molecular flexibility index (Phi) is 7.00. The first-order chi connectivity index (χ1) is 10.0. The minimum Gasteiger partial charge on any atom is -0.331 e. The Morgan fingerprint density at radius 2 is 0.875 bits per heavy atom. The fourth-order valence-electron chi connectivity index (χ4n) is 6.33. The predicted molar refractivity (Wildman–Crippen MR) is 125 cm³/mol. The summed E-state index contributed by atoms with van der Waals surface area (Å²) in [6.45, 7) is 35.5. The van der Waals surface area contributed by atoms with E-state index < -0.39 is 39.6 Å². The lowest BCUT2D eigenvalue weighted by atomic mass is 9.85. The Morgan fingerprint density at radius 1 is 0.625 bits per heavy atom. The average Bonchev–Trinajstić information content (AvgIpc) is 2.02. The molecule has 0 aromatic rings. The summed E-state index contributed by atoms with van der Waals surface area (Å²) in [4.78, 5) is 0. The van der Waals surface area contributed by atoms with Gasteiger partial charge in [0.25, 0.3) is 0 Å². The van der Waals surface area contributed by atoms with Gasteiger partial charge in [0.15, 0.2) is 0 Å². The molecule has 0 fully saturated rings. The first kappa shape index (κ1) is 24.8. The molecule has 7 heteroatoms. The Hall–Kier alpha value is 0.822. The summed E-state index contributed by atoms with van der Waals surface area (Å²) >= 11 is 0. The summed E-state index contributed by atoms with van der Waals surface area (Å²) in [6, 6.07) is 0. The Bertz CT molecular complexity index is 386. The second kappa shape index (κ2) is 6.77. The second-order valence-corrected chi connectivity index (χ2v) is 34.8. The van der Waals surface area contributed by atoms with Gasteiger partial charge in [0, 0.05) is 24.2 Å². The zero-order valence-electron chi connectivity index (χ0n) is 19.4. The summed E-state index contributed by atoms with van der Waals surface area (Å²) in [7, 11) is -7.90. The van der Waals surface area contributed by atoms with Crippen LogP contribution in [0.4, 0.5) is 4.32 Å². The van der Waals surface area contributed by atoms with Crippen molar-refractivity contribution < 1.29 is 4.32 Å². The maximum absolute atomic E-state index is 16.9. The number of halogens is 1. The molecule has 0 rings (SSSR count). The van der Waals surface area contributed by atoms with Crippen molar-refractivity contribution in [3.05, 3.63) is 0 Å². The molecule has 0 aromatic carbocycles. The van der Waals surface area contributed by atoms with E-state index in [1.54, 1.807) is 0 Å². The first-order valence-electron chi connectivity index (χ1n) is 9.46. The van der Waals surface area contributed by atoms with Crippen LogP contribution in [0.15, 0.2) is 0 Å². The zero-order chi connectivity index (χ0) is 20.2. The first-order valence-corrected chi connectivity index (χ1v) is 23.4. The van der Waals surface area contributed by atoms with Crippen LogP contribution < -0.4 is 0 Å². The van der Waals surface area contributed by atoms with Gasteiger partial charge in [-0.3, -0.25) is 0 Å². The van der Waals surface area contributed by atoms with Gasteiger partial charge in [0.1, 0.15) is 8.24 Å². The molecule has 0 aliphatic rings. The van der Waals surface area contributed by atoms with Crippen LogP contribution >= 0.6 is 0 Å². The molecule has 0 atom stereocenters. The third-order valence-corrected chi connectivity index (χ3v) is 29.2. The lowest BCUT2D eigenvalue weighted by Gasteiger charge is -2.63. The van der Waals surface area contributed by atoms with Crippen LogP contribution in [-0.2, 0) is 0 Å². The van der Waals surface area contributed by atoms with Crippen molar-refractivity contribution in [1.29, 1.82) is 0 Å². The average molecular weight is 406 g/mol. The van der Waals surface area contributed by atoms with E-state index in [-0.39, 0.29) is 9.72 Å². The van der Waals surface area contributed by atoms with Crippen molar-refractivity contribution >= 4 is 39.6 Å². The largest absolute Gasteiger partial charge is 0.423 e. The van der Waals surface area contributed by atoms with Crippen LogP contribution in [-0.4, -0.2) is 49.6 Å². The van der Waals surface area contributed by atoms with E-state index in [0.29, 0.717) is 0 Å². The molecule has 0 radical (unpaired) electrons. The normalized spacial score (nSPS) is 15.9. The lowest BCUT2D eigenvalue weighted by molar-refractivity contribution is 0.334. The van der Waals surface area contributed by atoms with E-state index in [2.05, 4.69) is 104 Å². The smallest absolute Gasteiger partial charge is 0.331 e. The van der Waals surface area contributed by atoms with Crippen LogP contribution in [0.1, 0.15) is 20.8 Å². The van der Waals surface area contributed by atoms with E-state index >= 15 is 4.32 Å². The fraction of sp³-hybridized carbons (Fsp3) is 1.00. The topological polar surface area (TPSA) is 3.24 Å². The molecule has 0 saturated heterocycles. The second-order valence-electron chi connectivity index (χ2n) is 12.6. The van der Waals surface area contributed by atoms with Crippen molar-refractivity contribution in [3.63, 3.8) is 0 Å². The molecule has 0 aliphatic heterocycles. The minimum absolute atomic E-state index is 0.0828. The Labute approximate surface area is 157 Å². The van der Waals surface area contributed by atoms with Crippen molar-refractivity contribution in [2.24, 2.45) is 0 Å². The molecule has 0 aliphatic carbocycles. The molecule has 0 heterocycles. The molecule has 1 nitrogen and oxygen atoms in total. The highest BCUT2D eigenvalue weighted by Gasteiger charge is 2.69. The van der Waals surface area contributed by atoms with Crippen molar-refractivity contribution in [2.75, 3.05) is 0 Å². The highest BCUT2D eigenvalue weighted by Crippen LogP contribution is 2.57. The Morgan fingerprint density at radius 3 is 1.00 bits per heavy atom. The van der Waals surface area contributed by atoms with Crippen LogP contribution in [0.5, 0.6) is 0 Å². The molecule has 0 bridgehead atoms. The molecule has 0 spiro atoms. The molecule has 0 saturated carbocycles. The van der Waals surface area contributed by atoms with Gasteiger partial charge in [0.05, 0.1) is 0 Å². The third-order valence-electron chi connectivity index (χ3n) is 5.58. The van der Waals surface area contributed by atoms with Crippen LogP contribution in [0.3, 0.4) is 0 Å². The summed E-state index contributed by atoms with van der Waals surface area (Å²) in [5.74, 6) is 0. The maximum atomic E-state index is 16.9. The van der Waals surface area contributed by atoms with Crippen molar-refractivity contribution in [1.82, 2.24) is 4.48 Å². The molecule has 144 valence electrons. The minimum atomic E-state index is -1.81. The predicted octanol–water partition coefficient (Wildman–Crippen LogP) is 6.75. The van der Waals surface area contributed by atoms with Gasteiger partial charge in [-0.1, -0.05) is 78.6 Å². The fourth-order valence-corrected chi connectivity index (χ4v) is 39.1. The van der Waals surface area contributed by atoms with Gasteiger partial charge in [-0.25, -0.2) is 0 Å². The van der Waals surface area contributed by atoms with E-state index in [1.165, 1.54) is 0 Å². The van der Waals surface area contributed by atoms with Crippen LogP contribution in [0.2, 0.25) is 82.7 Å². The summed E-state index contributed by atoms with van der Waals surface area (Å²) < 4.78 is 19.2. The van der Waals surface area contributed by atoms with E-state index in [0.717, 1.165) is 0 Å².